The van der Waals surface area contributed by atoms with Crippen molar-refractivity contribution in [2.45, 2.75) is 18.5 Å². The van der Waals surface area contributed by atoms with Crippen LogP contribution in [0.3, 0.4) is 0 Å². The number of carbonyl (C=O) groups excluding carboxylic acids is 4. The van der Waals surface area contributed by atoms with E-state index in [1.807, 2.05) is 36.4 Å². The van der Waals surface area contributed by atoms with Crippen molar-refractivity contribution in [3.63, 3.8) is 0 Å². The summed E-state index contributed by atoms with van der Waals surface area (Å²) in [5.41, 5.74) is -0.750. The molecule has 9 heteroatoms. The average molecular weight is 399 g/mol. The van der Waals surface area contributed by atoms with Gasteiger partial charge in [0.25, 0.3) is 5.91 Å². The van der Waals surface area contributed by atoms with E-state index >= 15 is 0 Å². The Balaban J connectivity index is 1.79. The molecule has 1 saturated heterocycles. The Hall–Kier alpha value is -3.46. The normalized spacial score (nSPS) is 19.8. The zero-order chi connectivity index (χ0) is 21.2. The van der Waals surface area contributed by atoms with E-state index in [1.54, 1.807) is 13.0 Å². The lowest BCUT2D eigenvalue weighted by Gasteiger charge is -2.23. The average Bonchev–Trinajstić information content (AvgIpc) is 2.95. The SMILES string of the molecule is COC(=O)[C@@H](CO)NC(=O)CN1C(=O)N[C@@](C)(c2ccc3ccccc3c2)C1=O. The predicted octanol–water partition coefficient (Wildman–Crippen LogP) is 0.257. The van der Waals surface area contributed by atoms with Gasteiger partial charge in [0, 0.05) is 0 Å². The minimum absolute atomic E-state index is 0.584. The topological polar surface area (TPSA) is 125 Å². The van der Waals surface area contributed by atoms with Gasteiger partial charge in [-0.2, -0.15) is 0 Å². The fourth-order valence-corrected chi connectivity index (χ4v) is 3.24. The highest BCUT2D eigenvalue weighted by Crippen LogP contribution is 2.30. The highest BCUT2D eigenvalue weighted by molar-refractivity contribution is 6.09. The van der Waals surface area contributed by atoms with Gasteiger partial charge in [-0.3, -0.25) is 14.5 Å². The molecule has 1 aliphatic rings. The largest absolute Gasteiger partial charge is 0.467 e. The molecule has 0 radical (unpaired) electrons. The van der Waals surface area contributed by atoms with Gasteiger partial charge in [0.1, 0.15) is 12.1 Å². The van der Waals surface area contributed by atoms with Crippen LogP contribution in [0.4, 0.5) is 4.79 Å². The van der Waals surface area contributed by atoms with Crippen molar-refractivity contribution in [3.05, 3.63) is 48.0 Å². The molecule has 2 aromatic rings. The van der Waals surface area contributed by atoms with Crippen molar-refractivity contribution in [1.29, 1.82) is 0 Å². The fourth-order valence-electron chi connectivity index (χ4n) is 3.24. The number of rotatable bonds is 6. The summed E-state index contributed by atoms with van der Waals surface area (Å²) in [5, 5.41) is 16.0. The molecular weight excluding hydrogens is 378 g/mol. The Morgan fingerprint density at radius 3 is 2.55 bits per heavy atom. The molecule has 0 aliphatic carbocycles. The van der Waals surface area contributed by atoms with Crippen molar-refractivity contribution in [2.75, 3.05) is 20.3 Å². The number of urea groups is 1. The van der Waals surface area contributed by atoms with Gasteiger partial charge < -0.3 is 20.5 Å². The molecule has 0 saturated carbocycles. The molecule has 0 spiro atoms. The summed E-state index contributed by atoms with van der Waals surface area (Å²) in [6, 6.07) is 11.0. The molecule has 29 heavy (non-hydrogen) atoms. The zero-order valence-corrected chi connectivity index (χ0v) is 16.0. The number of nitrogens with zero attached hydrogens (tertiary/aromatic N) is 1. The van der Waals surface area contributed by atoms with Crippen molar-refractivity contribution >= 4 is 34.6 Å². The molecule has 2 aromatic carbocycles. The van der Waals surface area contributed by atoms with Crippen LogP contribution >= 0.6 is 0 Å². The number of aliphatic hydroxyl groups excluding tert-OH is 1. The van der Waals surface area contributed by atoms with Crippen LogP contribution in [0.25, 0.3) is 10.8 Å². The van der Waals surface area contributed by atoms with Gasteiger partial charge >= 0.3 is 12.0 Å². The number of benzene rings is 2. The van der Waals surface area contributed by atoms with E-state index in [9.17, 15) is 24.3 Å². The van der Waals surface area contributed by atoms with Crippen LogP contribution in [0.15, 0.2) is 42.5 Å². The Kier molecular flexibility index (Phi) is 5.51. The molecule has 1 fully saturated rings. The van der Waals surface area contributed by atoms with Gasteiger partial charge in [0.2, 0.25) is 5.91 Å². The molecule has 9 nitrogen and oxygen atoms in total. The number of methoxy groups -OCH3 is 1. The number of aliphatic hydroxyl groups is 1. The number of fused-ring (bicyclic) bond motifs is 1. The molecule has 4 amide bonds. The van der Waals surface area contributed by atoms with Gasteiger partial charge in [-0.25, -0.2) is 9.59 Å². The van der Waals surface area contributed by atoms with Crippen LogP contribution in [-0.2, 0) is 24.7 Å². The second-order valence-electron chi connectivity index (χ2n) is 6.83. The molecule has 3 N–H and O–H groups in total. The van der Waals surface area contributed by atoms with E-state index in [-0.39, 0.29) is 0 Å². The maximum absolute atomic E-state index is 13.0. The van der Waals surface area contributed by atoms with E-state index in [4.69, 9.17) is 0 Å². The van der Waals surface area contributed by atoms with E-state index in [1.165, 1.54) is 0 Å². The summed E-state index contributed by atoms with van der Waals surface area (Å²) in [6.45, 7) is 0.301. The summed E-state index contributed by atoms with van der Waals surface area (Å²) in [5.74, 6) is -2.20. The lowest BCUT2D eigenvalue weighted by Crippen LogP contribution is -2.49. The molecule has 3 rings (SSSR count). The highest BCUT2D eigenvalue weighted by atomic mass is 16.5. The van der Waals surface area contributed by atoms with Gasteiger partial charge in [-0.15, -0.1) is 0 Å². The fraction of sp³-hybridized carbons (Fsp3) is 0.300. The van der Waals surface area contributed by atoms with Gasteiger partial charge in [0.05, 0.1) is 13.7 Å². The molecule has 1 heterocycles. The van der Waals surface area contributed by atoms with E-state index in [0.29, 0.717) is 5.56 Å². The highest BCUT2D eigenvalue weighted by Gasteiger charge is 2.49. The number of nitrogens with one attached hydrogen (secondary N) is 2. The predicted molar refractivity (Wildman–Crippen MR) is 103 cm³/mol. The summed E-state index contributed by atoms with van der Waals surface area (Å²) in [7, 11) is 1.11. The zero-order valence-electron chi connectivity index (χ0n) is 16.0. The lowest BCUT2D eigenvalue weighted by molar-refractivity contribution is -0.146. The van der Waals surface area contributed by atoms with Crippen molar-refractivity contribution in [2.24, 2.45) is 0 Å². The number of carbonyl (C=O) groups is 4. The summed E-state index contributed by atoms with van der Waals surface area (Å²) < 4.78 is 4.47. The van der Waals surface area contributed by atoms with Crippen LogP contribution in [0.1, 0.15) is 12.5 Å². The number of amides is 4. The lowest BCUT2D eigenvalue weighted by atomic mass is 9.90. The molecule has 152 valence electrons. The second kappa shape index (κ2) is 7.88. The standard InChI is InChI=1S/C20H21N3O6/c1-20(14-8-7-12-5-3-4-6-13(12)9-14)18(27)23(19(28)22-20)10-16(25)21-15(11-24)17(26)29-2/h3-9,15,24H,10-11H2,1-2H3,(H,21,25)(H,22,28)/t15-,20+/m1/s1. The van der Waals surface area contributed by atoms with Crippen LogP contribution < -0.4 is 10.6 Å². The third kappa shape index (κ3) is 3.77. The van der Waals surface area contributed by atoms with Crippen LogP contribution in [0, 0.1) is 0 Å². The van der Waals surface area contributed by atoms with Crippen molar-refractivity contribution in [1.82, 2.24) is 15.5 Å². The number of esters is 1. The molecule has 1 aliphatic heterocycles. The first kappa shape index (κ1) is 20.3. The maximum Gasteiger partial charge on any atom is 0.330 e. The molecular formula is C20H21N3O6. The molecule has 0 bridgehead atoms. The summed E-state index contributed by atoms with van der Waals surface area (Å²) >= 11 is 0. The molecule has 0 aromatic heterocycles. The second-order valence-corrected chi connectivity index (χ2v) is 6.83. The Morgan fingerprint density at radius 2 is 1.90 bits per heavy atom. The van der Waals surface area contributed by atoms with E-state index in [2.05, 4.69) is 15.4 Å². The van der Waals surface area contributed by atoms with Crippen LogP contribution in [0.5, 0.6) is 0 Å². The number of ether oxygens (including phenoxy) is 1. The Labute approximate surface area is 166 Å². The minimum Gasteiger partial charge on any atom is -0.467 e. The summed E-state index contributed by atoms with van der Waals surface area (Å²) in [4.78, 5) is 49.8. The third-order valence-electron chi connectivity index (χ3n) is 4.91. The number of imide groups is 1. The minimum atomic E-state index is -1.33. The van der Waals surface area contributed by atoms with Crippen molar-refractivity contribution in [3.8, 4) is 0 Å². The van der Waals surface area contributed by atoms with Crippen LogP contribution in [0.2, 0.25) is 0 Å². The smallest absolute Gasteiger partial charge is 0.330 e. The van der Waals surface area contributed by atoms with Gasteiger partial charge in [-0.05, 0) is 29.3 Å². The first-order valence-corrected chi connectivity index (χ1v) is 8.91. The Bertz CT molecular complexity index is 991. The third-order valence-corrected chi connectivity index (χ3v) is 4.91. The first-order valence-electron chi connectivity index (χ1n) is 8.91. The van der Waals surface area contributed by atoms with Crippen LogP contribution in [-0.4, -0.2) is 60.1 Å². The number of hydrogen-bond acceptors (Lipinski definition) is 6. The maximum atomic E-state index is 13.0. The van der Waals surface area contributed by atoms with Crippen molar-refractivity contribution < 1.29 is 29.0 Å². The number of hydrogen-bond donors (Lipinski definition) is 3. The monoisotopic (exact) mass is 399 g/mol. The molecule has 2 atom stereocenters. The first-order chi connectivity index (χ1) is 13.8. The summed E-state index contributed by atoms with van der Waals surface area (Å²) in [6.07, 6.45) is 0. The van der Waals surface area contributed by atoms with E-state index < -0.39 is 48.5 Å². The van der Waals surface area contributed by atoms with E-state index in [0.717, 1.165) is 22.8 Å². The van der Waals surface area contributed by atoms with Gasteiger partial charge in [-0.1, -0.05) is 36.4 Å². The van der Waals surface area contributed by atoms with Gasteiger partial charge in [0.15, 0.2) is 6.04 Å². The Morgan fingerprint density at radius 1 is 1.21 bits per heavy atom. The molecule has 0 unspecified atom stereocenters. The quantitative estimate of drug-likeness (QED) is 0.473.